The zero-order valence-electron chi connectivity index (χ0n) is 27.7. The van der Waals surface area contributed by atoms with E-state index in [1.165, 1.54) is 36.7 Å². The Labute approximate surface area is 287 Å². The standard InChI is InChI=1S/C33H42F3N9O3S/c1-21-4-5-22(16-28(21)45(38)20-27(37)29-19-39-31(49-29)41-32(47)48-3)30(46)40-24-7-6-23(33(34,35)36)17-26(18-24)43-10-8-25(9-11-43)44-14-12-42(2)13-15-44/h4-5,7,16-20,25H,6,8-15,37-38H2,1-3H3,(H,40,46)(H,39,41,47)/b27-20-. The number of carbonyl (C=O) groups is 2. The molecule has 0 atom stereocenters. The summed E-state index contributed by atoms with van der Waals surface area (Å²) in [6, 6.07) is 5.32. The van der Waals surface area contributed by atoms with E-state index in [-0.39, 0.29) is 28.5 Å². The van der Waals surface area contributed by atoms with E-state index in [0.717, 1.165) is 55.9 Å². The number of allylic oxidation sites excluding steroid dienone is 4. The predicted octanol–water partition coefficient (Wildman–Crippen LogP) is 4.37. The minimum atomic E-state index is -4.50. The second kappa shape index (κ2) is 15.4. The molecule has 2 amide bonds. The highest BCUT2D eigenvalue weighted by atomic mass is 32.1. The summed E-state index contributed by atoms with van der Waals surface area (Å²) in [6.07, 6.45) is 3.33. The number of likely N-dealkylation sites (N-methyl/N-ethyl adjacent to an activating group) is 1. The normalized spacial score (nSPS) is 18.6. The number of piperidine rings is 1. The van der Waals surface area contributed by atoms with Crippen LogP contribution in [0.3, 0.4) is 0 Å². The van der Waals surface area contributed by atoms with Crippen molar-refractivity contribution in [1.82, 2.24) is 25.0 Å². The van der Waals surface area contributed by atoms with Crippen LogP contribution in [0.5, 0.6) is 0 Å². The van der Waals surface area contributed by atoms with Crippen molar-refractivity contribution in [2.24, 2.45) is 11.6 Å². The number of rotatable bonds is 8. The molecule has 1 aliphatic carbocycles. The highest BCUT2D eigenvalue weighted by molar-refractivity contribution is 7.16. The molecule has 1 aromatic heterocycles. The van der Waals surface area contributed by atoms with Gasteiger partial charge in [-0.1, -0.05) is 23.5 Å². The number of aromatic nitrogens is 1. The van der Waals surface area contributed by atoms with Crippen LogP contribution in [0.15, 0.2) is 65.8 Å². The van der Waals surface area contributed by atoms with E-state index in [1.807, 2.05) is 11.8 Å². The topological polar surface area (TPSA) is 145 Å². The molecule has 16 heteroatoms. The molecule has 6 N–H and O–H groups in total. The number of hydrogen-bond donors (Lipinski definition) is 4. The number of amides is 2. The van der Waals surface area contributed by atoms with Crippen molar-refractivity contribution >= 4 is 39.9 Å². The molecule has 2 aliphatic heterocycles. The van der Waals surface area contributed by atoms with Crippen LogP contribution in [0.2, 0.25) is 0 Å². The molecule has 3 aliphatic rings. The Morgan fingerprint density at radius 2 is 1.82 bits per heavy atom. The number of hydrogen-bond acceptors (Lipinski definition) is 11. The number of carbonyl (C=O) groups excluding carboxylic acids is 2. The summed E-state index contributed by atoms with van der Waals surface area (Å²) >= 11 is 1.12. The number of hydrazine groups is 1. The number of aryl methyl sites for hydroxylation is 1. The van der Waals surface area contributed by atoms with Crippen LogP contribution < -0.4 is 27.2 Å². The van der Waals surface area contributed by atoms with Gasteiger partial charge in [0.2, 0.25) is 0 Å². The molecule has 5 rings (SSSR count). The number of halogens is 3. The van der Waals surface area contributed by atoms with E-state index in [9.17, 15) is 22.8 Å². The SMILES string of the molecule is COC(=O)Nc1ncc(/C(N)=C/N(N)c2cc(C(=O)NC3=CCC(C(F)(F)F)=CC(N4CCC(N5CCN(C)CC5)CC4)=C3)ccc2C)s1. The van der Waals surface area contributed by atoms with Gasteiger partial charge >= 0.3 is 12.3 Å². The molecule has 12 nitrogen and oxygen atoms in total. The van der Waals surface area contributed by atoms with Gasteiger partial charge in [0.25, 0.3) is 5.91 Å². The molecule has 0 saturated carbocycles. The van der Waals surface area contributed by atoms with Gasteiger partial charge in [0.1, 0.15) is 0 Å². The summed E-state index contributed by atoms with van der Waals surface area (Å²) in [5.41, 5.74) is 8.02. The number of anilines is 2. The molecular formula is C33H42F3N9O3S. The number of thiazole rings is 1. The van der Waals surface area contributed by atoms with Gasteiger partial charge in [-0.25, -0.2) is 15.6 Å². The summed E-state index contributed by atoms with van der Waals surface area (Å²) < 4.78 is 46.5. The fourth-order valence-electron chi connectivity index (χ4n) is 5.98. The Morgan fingerprint density at radius 3 is 2.49 bits per heavy atom. The Morgan fingerprint density at radius 1 is 1.10 bits per heavy atom. The number of nitrogens with one attached hydrogen (secondary N) is 2. The smallest absolute Gasteiger partial charge is 0.413 e. The highest BCUT2D eigenvalue weighted by Crippen LogP contribution is 2.33. The van der Waals surface area contributed by atoms with Crippen LogP contribution in [0, 0.1) is 6.92 Å². The fourth-order valence-corrected chi connectivity index (χ4v) is 6.70. The van der Waals surface area contributed by atoms with E-state index < -0.39 is 23.7 Å². The fraction of sp³-hybridized carbons (Fsp3) is 0.424. The molecule has 2 fully saturated rings. The lowest BCUT2D eigenvalue weighted by molar-refractivity contribution is -0.0930. The lowest BCUT2D eigenvalue weighted by Crippen LogP contribution is -2.52. The first kappa shape index (κ1) is 35.9. The van der Waals surface area contributed by atoms with Crippen LogP contribution in [0.4, 0.5) is 28.8 Å². The van der Waals surface area contributed by atoms with Crippen LogP contribution in [0.25, 0.3) is 5.70 Å². The number of likely N-dealkylation sites (tertiary alicyclic amines) is 1. The first-order valence-corrected chi connectivity index (χ1v) is 16.7. The maximum Gasteiger partial charge on any atom is 0.413 e. The van der Waals surface area contributed by atoms with Crippen LogP contribution >= 0.6 is 11.3 Å². The third kappa shape index (κ3) is 9.20. The molecule has 2 aromatic rings. The van der Waals surface area contributed by atoms with Gasteiger partial charge in [-0.2, -0.15) is 13.2 Å². The highest BCUT2D eigenvalue weighted by Gasteiger charge is 2.35. The molecule has 49 heavy (non-hydrogen) atoms. The first-order valence-electron chi connectivity index (χ1n) is 15.9. The average molecular weight is 702 g/mol. The second-order valence-electron chi connectivity index (χ2n) is 12.3. The first-order chi connectivity index (χ1) is 23.3. The number of nitrogens with two attached hydrogens (primary N) is 2. The summed E-state index contributed by atoms with van der Waals surface area (Å²) in [5, 5.41) is 6.83. The number of benzene rings is 1. The molecule has 2 saturated heterocycles. The van der Waals surface area contributed by atoms with E-state index >= 15 is 0 Å². The van der Waals surface area contributed by atoms with Crippen molar-refractivity contribution in [3.05, 3.63) is 81.8 Å². The van der Waals surface area contributed by atoms with Gasteiger partial charge in [0.15, 0.2) is 5.13 Å². The van der Waals surface area contributed by atoms with E-state index in [0.29, 0.717) is 35.4 Å². The maximum atomic E-state index is 14.0. The second-order valence-corrected chi connectivity index (χ2v) is 13.3. The Hall–Kier alpha value is -4.38. The van der Waals surface area contributed by atoms with E-state index in [1.54, 1.807) is 24.3 Å². The number of methoxy groups -OCH3 is 1. The minimum absolute atomic E-state index is 0.252. The van der Waals surface area contributed by atoms with E-state index in [2.05, 4.69) is 37.2 Å². The third-order valence-corrected chi connectivity index (χ3v) is 9.85. The van der Waals surface area contributed by atoms with Crippen molar-refractivity contribution in [2.45, 2.75) is 38.4 Å². The molecule has 0 spiro atoms. The molecule has 0 radical (unpaired) electrons. The third-order valence-electron chi connectivity index (χ3n) is 8.89. The van der Waals surface area contributed by atoms with Gasteiger partial charge in [-0.3, -0.25) is 20.0 Å². The number of nitrogens with zero attached hydrogens (tertiary/aromatic N) is 5. The molecule has 1 aromatic carbocycles. The largest absolute Gasteiger partial charge is 0.453 e. The summed E-state index contributed by atoms with van der Waals surface area (Å²) in [5.74, 6) is 5.83. The zero-order valence-corrected chi connectivity index (χ0v) is 28.5. The number of piperazine rings is 1. The van der Waals surface area contributed by atoms with Gasteiger partial charge in [-0.05, 0) is 63.1 Å². The molecule has 0 bridgehead atoms. The number of alkyl halides is 3. The zero-order chi connectivity index (χ0) is 35.3. The molecule has 264 valence electrons. The van der Waals surface area contributed by atoms with Gasteiger partial charge in [0.05, 0.1) is 23.4 Å². The monoisotopic (exact) mass is 701 g/mol. The predicted molar refractivity (Wildman–Crippen MR) is 184 cm³/mol. The van der Waals surface area contributed by atoms with Crippen molar-refractivity contribution in [3.8, 4) is 0 Å². The van der Waals surface area contributed by atoms with Crippen molar-refractivity contribution in [3.63, 3.8) is 0 Å². The van der Waals surface area contributed by atoms with Crippen molar-refractivity contribution in [1.29, 1.82) is 0 Å². The lowest BCUT2D eigenvalue weighted by Gasteiger charge is -2.43. The van der Waals surface area contributed by atoms with Crippen molar-refractivity contribution in [2.75, 3.05) is 63.8 Å². The van der Waals surface area contributed by atoms with Crippen LogP contribution in [-0.2, 0) is 4.74 Å². The Bertz CT molecular complexity index is 1650. The van der Waals surface area contributed by atoms with Crippen LogP contribution in [-0.4, -0.2) is 97.3 Å². The van der Waals surface area contributed by atoms with Gasteiger partial charge < -0.3 is 25.6 Å². The molecule has 0 unspecified atom stereocenters. The van der Waals surface area contributed by atoms with Crippen LogP contribution in [0.1, 0.15) is 40.1 Å². The lowest BCUT2D eigenvalue weighted by atomic mass is 10.0. The molecule has 3 heterocycles. The van der Waals surface area contributed by atoms with E-state index in [4.69, 9.17) is 11.6 Å². The summed E-state index contributed by atoms with van der Waals surface area (Å²) in [6.45, 7) is 7.08. The maximum absolute atomic E-state index is 14.0. The molecular weight excluding hydrogens is 659 g/mol. The Balaban J connectivity index is 1.29. The number of ether oxygens (including phenoxy) is 1. The van der Waals surface area contributed by atoms with Gasteiger partial charge in [0, 0.05) is 80.2 Å². The summed E-state index contributed by atoms with van der Waals surface area (Å²) in [4.78, 5) is 36.3. The quantitative estimate of drug-likeness (QED) is 0.231. The minimum Gasteiger partial charge on any atom is -0.453 e. The van der Waals surface area contributed by atoms with Gasteiger partial charge in [-0.15, -0.1) is 0 Å². The Kier molecular flexibility index (Phi) is 11.3. The summed E-state index contributed by atoms with van der Waals surface area (Å²) in [7, 11) is 3.35. The van der Waals surface area contributed by atoms with Crippen molar-refractivity contribution < 1.29 is 27.5 Å². The average Bonchev–Trinajstić information content (AvgIpc) is 3.43.